The Hall–Kier alpha value is -1.96. The Labute approximate surface area is 174 Å². The predicted octanol–water partition coefficient (Wildman–Crippen LogP) is 5.85. The average Bonchev–Trinajstić information content (AvgIpc) is 3.35. The number of aromatic nitrogens is 2. The van der Waals surface area contributed by atoms with Crippen molar-refractivity contribution in [2.45, 2.75) is 40.7 Å². The molecule has 0 unspecified atom stereocenters. The van der Waals surface area contributed by atoms with Crippen LogP contribution < -0.4 is 5.32 Å². The van der Waals surface area contributed by atoms with Crippen LogP contribution in [0.3, 0.4) is 0 Å². The molecule has 1 aromatic carbocycles. The van der Waals surface area contributed by atoms with Gasteiger partial charge in [-0.1, -0.05) is 39.8 Å². The molecule has 2 aromatic heterocycles. The lowest BCUT2D eigenvalue weighted by Gasteiger charge is -2.00. The fourth-order valence-corrected chi connectivity index (χ4v) is 4.12. The van der Waals surface area contributed by atoms with Gasteiger partial charge in [0.15, 0.2) is 16.3 Å². The van der Waals surface area contributed by atoms with E-state index in [-0.39, 0.29) is 5.82 Å². The smallest absolute Gasteiger partial charge is 0.169 e. The van der Waals surface area contributed by atoms with Crippen LogP contribution in [0.4, 0.5) is 4.39 Å². The molecule has 0 aliphatic heterocycles. The molecule has 4 nitrogen and oxygen atoms in total. The molecule has 0 amide bonds. The second-order valence-corrected chi connectivity index (χ2v) is 8.02. The Bertz CT molecular complexity index is 800. The van der Waals surface area contributed by atoms with Crippen molar-refractivity contribution in [1.82, 2.24) is 15.3 Å². The van der Waals surface area contributed by atoms with Gasteiger partial charge in [-0.2, -0.15) is 0 Å². The molecule has 0 atom stereocenters. The Kier molecular flexibility index (Phi) is 11.4. The standard InChI is InChI=1S/C11H12N2OS2.C8H10FN.C2H6/c1-7(2)5-9-8(6-14)13-11(16-9)10-12-3-4-15-10;1-10-6-7-2-4-8(9)5-3-7;1-2/h3-4,6-7H,5H2,1-2H3;2-5,10H,6H2,1H3;1-2H3. The van der Waals surface area contributed by atoms with Crippen LogP contribution in [0.1, 0.15) is 48.6 Å². The van der Waals surface area contributed by atoms with Gasteiger partial charge in [0.2, 0.25) is 0 Å². The molecule has 28 heavy (non-hydrogen) atoms. The summed E-state index contributed by atoms with van der Waals surface area (Å²) in [6.45, 7) is 9.06. The molecular formula is C21H28FN3OS2. The van der Waals surface area contributed by atoms with Gasteiger partial charge < -0.3 is 5.32 Å². The molecule has 0 saturated carbocycles. The number of rotatable bonds is 6. The molecular weight excluding hydrogens is 393 g/mol. The van der Waals surface area contributed by atoms with Crippen molar-refractivity contribution in [1.29, 1.82) is 0 Å². The molecule has 1 N–H and O–H groups in total. The van der Waals surface area contributed by atoms with Crippen LogP contribution in [-0.2, 0) is 13.0 Å². The third-order valence-corrected chi connectivity index (χ3v) is 5.35. The zero-order chi connectivity index (χ0) is 20.9. The van der Waals surface area contributed by atoms with Gasteiger partial charge in [0, 0.05) is 23.0 Å². The highest BCUT2D eigenvalue weighted by Crippen LogP contribution is 2.30. The summed E-state index contributed by atoms with van der Waals surface area (Å²) < 4.78 is 12.3. The number of nitrogens with one attached hydrogen (secondary N) is 1. The lowest BCUT2D eigenvalue weighted by atomic mass is 10.1. The summed E-state index contributed by atoms with van der Waals surface area (Å²) in [5.41, 5.74) is 1.67. The van der Waals surface area contributed by atoms with Crippen LogP contribution in [0.5, 0.6) is 0 Å². The normalized spacial score (nSPS) is 9.96. The number of halogens is 1. The maximum absolute atomic E-state index is 12.3. The minimum absolute atomic E-state index is 0.181. The van der Waals surface area contributed by atoms with Crippen molar-refractivity contribution < 1.29 is 9.18 Å². The molecule has 0 radical (unpaired) electrons. The number of carbonyl (C=O) groups excluding carboxylic acids is 1. The Morgan fingerprint density at radius 1 is 1.18 bits per heavy atom. The van der Waals surface area contributed by atoms with Crippen molar-refractivity contribution in [3.8, 4) is 10.0 Å². The molecule has 0 aliphatic rings. The monoisotopic (exact) mass is 421 g/mol. The fraction of sp³-hybridized carbons (Fsp3) is 0.381. The van der Waals surface area contributed by atoms with Crippen molar-refractivity contribution in [2.24, 2.45) is 5.92 Å². The summed E-state index contributed by atoms with van der Waals surface area (Å²) >= 11 is 3.12. The van der Waals surface area contributed by atoms with Crippen molar-refractivity contribution in [2.75, 3.05) is 7.05 Å². The number of aldehydes is 1. The highest BCUT2D eigenvalue weighted by atomic mass is 32.1. The minimum atomic E-state index is -0.181. The number of nitrogens with zero attached hydrogens (tertiary/aromatic N) is 2. The first kappa shape index (κ1) is 24.1. The van der Waals surface area contributed by atoms with Gasteiger partial charge in [-0.05, 0) is 37.1 Å². The van der Waals surface area contributed by atoms with Gasteiger partial charge in [0.25, 0.3) is 0 Å². The fourth-order valence-electron chi connectivity index (χ4n) is 2.20. The Morgan fingerprint density at radius 2 is 1.86 bits per heavy atom. The van der Waals surface area contributed by atoms with E-state index < -0.39 is 0 Å². The lowest BCUT2D eigenvalue weighted by molar-refractivity contribution is 0.111. The zero-order valence-electron chi connectivity index (χ0n) is 17.0. The van der Waals surface area contributed by atoms with Crippen LogP contribution >= 0.6 is 22.7 Å². The van der Waals surface area contributed by atoms with E-state index in [0.29, 0.717) is 11.6 Å². The highest BCUT2D eigenvalue weighted by Gasteiger charge is 2.14. The van der Waals surface area contributed by atoms with Crippen LogP contribution in [0.25, 0.3) is 10.0 Å². The maximum atomic E-state index is 12.3. The maximum Gasteiger partial charge on any atom is 0.169 e. The number of hydrogen-bond donors (Lipinski definition) is 1. The minimum Gasteiger partial charge on any atom is -0.316 e. The van der Waals surface area contributed by atoms with E-state index in [1.54, 1.807) is 41.0 Å². The number of benzene rings is 1. The van der Waals surface area contributed by atoms with Gasteiger partial charge in [-0.25, -0.2) is 14.4 Å². The number of carbonyl (C=O) groups is 1. The van der Waals surface area contributed by atoms with E-state index in [4.69, 9.17) is 0 Å². The van der Waals surface area contributed by atoms with Crippen LogP contribution in [0, 0.1) is 11.7 Å². The summed E-state index contributed by atoms with van der Waals surface area (Å²) in [5.74, 6) is 0.350. The molecule has 0 spiro atoms. The molecule has 3 rings (SSSR count). The quantitative estimate of drug-likeness (QED) is 0.507. The van der Waals surface area contributed by atoms with Gasteiger partial charge in [0.05, 0.1) is 0 Å². The van der Waals surface area contributed by atoms with Crippen LogP contribution in [0.15, 0.2) is 35.8 Å². The van der Waals surface area contributed by atoms with E-state index in [1.807, 2.05) is 26.3 Å². The van der Waals surface area contributed by atoms with Crippen LogP contribution in [0.2, 0.25) is 0 Å². The predicted molar refractivity (Wildman–Crippen MR) is 118 cm³/mol. The molecule has 0 aliphatic carbocycles. The molecule has 7 heteroatoms. The van der Waals surface area contributed by atoms with Gasteiger partial charge in [0.1, 0.15) is 11.5 Å². The van der Waals surface area contributed by atoms with E-state index in [2.05, 4.69) is 29.1 Å². The van der Waals surface area contributed by atoms with Crippen molar-refractivity contribution in [3.63, 3.8) is 0 Å². The topological polar surface area (TPSA) is 54.9 Å². The number of thiazole rings is 2. The van der Waals surface area contributed by atoms with Gasteiger partial charge >= 0.3 is 0 Å². The average molecular weight is 422 g/mol. The van der Waals surface area contributed by atoms with E-state index in [0.717, 1.165) is 39.7 Å². The summed E-state index contributed by atoms with van der Waals surface area (Å²) in [5, 5.41) is 6.64. The second kappa shape index (κ2) is 13.3. The summed E-state index contributed by atoms with van der Waals surface area (Å²) in [6.07, 6.45) is 3.49. The van der Waals surface area contributed by atoms with Crippen molar-refractivity contribution in [3.05, 3.63) is 57.8 Å². The number of hydrogen-bond acceptors (Lipinski definition) is 6. The zero-order valence-corrected chi connectivity index (χ0v) is 18.7. The van der Waals surface area contributed by atoms with E-state index in [9.17, 15) is 9.18 Å². The van der Waals surface area contributed by atoms with E-state index >= 15 is 0 Å². The Balaban J connectivity index is 0.000000281. The third kappa shape index (κ3) is 7.96. The second-order valence-electron chi connectivity index (χ2n) is 6.04. The van der Waals surface area contributed by atoms with Gasteiger partial charge in [-0.15, -0.1) is 22.7 Å². The third-order valence-electron chi connectivity index (χ3n) is 3.34. The summed E-state index contributed by atoms with van der Waals surface area (Å²) in [4.78, 5) is 20.5. The SMILES string of the molecule is CC.CC(C)Cc1sc(-c2nccs2)nc1C=O.CNCc1ccc(F)cc1. The first-order valence-corrected chi connectivity index (χ1v) is 11.0. The first-order chi connectivity index (χ1) is 13.5. The lowest BCUT2D eigenvalue weighted by Crippen LogP contribution is -2.04. The molecule has 0 fully saturated rings. The molecule has 3 aromatic rings. The summed E-state index contributed by atoms with van der Waals surface area (Å²) in [7, 11) is 1.86. The molecule has 152 valence electrons. The highest BCUT2D eigenvalue weighted by molar-refractivity contribution is 7.20. The molecule has 0 saturated heterocycles. The van der Waals surface area contributed by atoms with Gasteiger partial charge in [-0.3, -0.25) is 4.79 Å². The van der Waals surface area contributed by atoms with Crippen molar-refractivity contribution >= 4 is 29.0 Å². The first-order valence-electron chi connectivity index (χ1n) is 9.27. The van der Waals surface area contributed by atoms with Crippen LogP contribution in [-0.4, -0.2) is 23.3 Å². The molecule has 2 heterocycles. The molecule has 0 bridgehead atoms. The summed E-state index contributed by atoms with van der Waals surface area (Å²) in [6, 6.07) is 6.47. The van der Waals surface area contributed by atoms with E-state index in [1.165, 1.54) is 12.1 Å². The largest absolute Gasteiger partial charge is 0.316 e. The Morgan fingerprint density at radius 3 is 2.36 bits per heavy atom.